The van der Waals surface area contributed by atoms with Gasteiger partial charge in [0.1, 0.15) is 0 Å². The van der Waals surface area contributed by atoms with Crippen LogP contribution in [-0.2, 0) is 17.1 Å². The van der Waals surface area contributed by atoms with Crippen molar-refractivity contribution in [3.05, 3.63) is 15.3 Å². The zero-order chi connectivity index (χ0) is 3.58. The number of hydrogen-bond donors (Lipinski definition) is 0. The number of rotatable bonds is 0. The smallest absolute Gasteiger partial charge is 0.187 e. The average Bonchev–Trinajstić information content (AvgIpc) is 0.811. The van der Waals surface area contributed by atoms with Crippen LogP contribution in [0.1, 0.15) is 0 Å². The van der Waals surface area contributed by atoms with Crippen molar-refractivity contribution in [3.63, 3.8) is 0 Å². The molecule has 0 amide bonds. The second kappa shape index (κ2) is 16.0. The molecule has 7 heavy (non-hydrogen) atoms. The van der Waals surface area contributed by atoms with Crippen molar-refractivity contribution >= 4 is 29.8 Å². The van der Waals surface area contributed by atoms with Crippen LogP contribution in [0.5, 0.6) is 0 Å². The van der Waals surface area contributed by atoms with Crippen molar-refractivity contribution < 1.29 is 22.2 Å². The first kappa shape index (κ1) is 25.7. The molecule has 0 aliphatic rings. The van der Waals surface area contributed by atoms with Crippen LogP contribution in [0.25, 0.3) is 0 Å². The summed E-state index contributed by atoms with van der Waals surface area (Å²) in [7, 11) is 0. The van der Waals surface area contributed by atoms with Crippen molar-refractivity contribution in [3.8, 4) is 0 Å². The summed E-state index contributed by atoms with van der Waals surface area (Å²) in [6, 6.07) is 0. The number of nitrogens with zero attached hydrogens (tertiary/aromatic N) is 1. The van der Waals surface area contributed by atoms with Gasteiger partial charge in [-0.1, -0.05) is 0 Å². The maximum Gasteiger partial charge on any atom is 0.187 e. The van der Waals surface area contributed by atoms with Crippen LogP contribution in [0.2, 0.25) is 0 Å². The fraction of sp³-hybridized carbons (Fsp3) is 0. The van der Waals surface area contributed by atoms with Crippen molar-refractivity contribution in [1.29, 1.82) is 0 Å². The molecule has 0 unspecified atom stereocenters. The minimum absolute atomic E-state index is 0. The molecular formula is H4AlClFeNO3-. The quantitative estimate of drug-likeness (QED) is 0.275. The van der Waals surface area contributed by atoms with Crippen molar-refractivity contribution in [1.82, 2.24) is 0 Å². The van der Waals surface area contributed by atoms with Crippen LogP contribution < -0.4 is 0 Å². The Bertz CT molecular complexity index is 37.9. The predicted octanol–water partition coefficient (Wildman–Crippen LogP) is -1.00. The summed E-state index contributed by atoms with van der Waals surface area (Å²) >= 11 is 0. The molecule has 4 nitrogen and oxygen atoms in total. The van der Waals surface area contributed by atoms with E-state index >= 15 is 0 Å². The molecule has 0 aliphatic carbocycles. The molecule has 0 N–H and O–H groups in total. The van der Waals surface area contributed by atoms with Gasteiger partial charge in [0, 0.05) is 17.1 Å². The normalized spacial score (nSPS) is 3.43. The molecular weight excluding hydrogens is 180 g/mol. The van der Waals surface area contributed by atoms with E-state index in [1.165, 1.54) is 0 Å². The molecule has 0 heterocycles. The van der Waals surface area contributed by atoms with Gasteiger partial charge < -0.3 is 15.3 Å². The molecule has 0 bridgehead atoms. The van der Waals surface area contributed by atoms with E-state index in [0.717, 1.165) is 0 Å². The van der Waals surface area contributed by atoms with E-state index in [1.807, 2.05) is 0 Å². The van der Waals surface area contributed by atoms with Gasteiger partial charge in [0.2, 0.25) is 0 Å². The average molecular weight is 184 g/mol. The summed E-state index contributed by atoms with van der Waals surface area (Å²) in [6.45, 7) is 0. The first-order valence-corrected chi connectivity index (χ1v) is 0.548. The van der Waals surface area contributed by atoms with Crippen molar-refractivity contribution in [2.45, 2.75) is 0 Å². The Morgan fingerprint density at radius 3 is 1.29 bits per heavy atom. The molecule has 0 rings (SSSR count). The molecule has 0 fully saturated rings. The van der Waals surface area contributed by atoms with Gasteiger partial charge in [-0.25, -0.2) is 0 Å². The molecule has 0 aromatic heterocycles. The van der Waals surface area contributed by atoms with Crippen molar-refractivity contribution in [2.24, 2.45) is 0 Å². The Morgan fingerprint density at radius 1 is 1.29 bits per heavy atom. The zero-order valence-electron chi connectivity index (χ0n) is 2.43. The van der Waals surface area contributed by atoms with Gasteiger partial charge >= 0.3 is 0 Å². The third-order valence-corrected chi connectivity index (χ3v) is 0. The van der Waals surface area contributed by atoms with E-state index in [2.05, 4.69) is 0 Å². The molecule has 0 atom stereocenters. The minimum Gasteiger partial charge on any atom is -0.356 e. The Morgan fingerprint density at radius 2 is 1.29 bits per heavy atom. The van der Waals surface area contributed by atoms with Gasteiger partial charge in [-0.2, -0.15) is 0 Å². The van der Waals surface area contributed by atoms with E-state index in [-0.39, 0.29) is 46.8 Å². The summed E-state index contributed by atoms with van der Waals surface area (Å²) in [5.41, 5.74) is 0. The monoisotopic (exact) mass is 184 g/mol. The Labute approximate surface area is 67.4 Å². The van der Waals surface area contributed by atoms with Gasteiger partial charge in [0.15, 0.2) is 17.4 Å². The number of halogens is 1. The van der Waals surface area contributed by atoms with E-state index < -0.39 is 5.09 Å². The molecule has 0 saturated carbocycles. The van der Waals surface area contributed by atoms with E-state index in [1.54, 1.807) is 0 Å². The fourth-order valence-electron chi connectivity index (χ4n) is 0. The summed E-state index contributed by atoms with van der Waals surface area (Å²) in [5, 5.41) is 14.8. The summed E-state index contributed by atoms with van der Waals surface area (Å²) in [6.07, 6.45) is 0. The standard InChI is InChI=1S/Al.ClH.Fe.NO3.3H/c;;;2-1(3)4;;;/h;1H;;;;;/q;;;-1;;;. The van der Waals surface area contributed by atoms with Gasteiger partial charge in [-0.15, -0.1) is 12.4 Å². The maximum atomic E-state index is 8.25. The minimum atomic E-state index is -1.75. The zero-order valence-corrected chi connectivity index (χ0v) is 4.35. The van der Waals surface area contributed by atoms with Gasteiger partial charge in [0.05, 0.1) is 5.09 Å². The predicted molar refractivity (Wildman–Crippen MR) is 27.5 cm³/mol. The molecule has 0 aromatic rings. The van der Waals surface area contributed by atoms with Gasteiger partial charge in [-0.05, 0) is 0 Å². The van der Waals surface area contributed by atoms with E-state index in [9.17, 15) is 0 Å². The molecule has 0 spiro atoms. The van der Waals surface area contributed by atoms with Gasteiger partial charge in [-0.3, -0.25) is 0 Å². The molecule has 0 aromatic carbocycles. The van der Waals surface area contributed by atoms with Crippen LogP contribution in [0.4, 0.5) is 0 Å². The Kier molecular flexibility index (Phi) is 58.9. The van der Waals surface area contributed by atoms with Crippen LogP contribution in [0.15, 0.2) is 0 Å². The van der Waals surface area contributed by atoms with Gasteiger partial charge in [0.25, 0.3) is 0 Å². The Balaban J connectivity index is -0.0000000150. The first-order valence-electron chi connectivity index (χ1n) is 0.548. The topological polar surface area (TPSA) is 66.2 Å². The number of hydrogen-bond acceptors (Lipinski definition) is 3. The third-order valence-electron chi connectivity index (χ3n) is 0. The second-order valence-electron chi connectivity index (χ2n) is 0.224. The van der Waals surface area contributed by atoms with Crippen LogP contribution >= 0.6 is 12.4 Å². The summed E-state index contributed by atoms with van der Waals surface area (Å²) in [4.78, 5) is 8.25. The van der Waals surface area contributed by atoms with E-state index in [0.29, 0.717) is 0 Å². The molecule has 46 valence electrons. The SMILES string of the molecule is Cl.O=[N+]([O-])[O-].[AlH3].[Fe]. The van der Waals surface area contributed by atoms with Crippen LogP contribution in [-0.4, -0.2) is 22.4 Å². The second-order valence-corrected chi connectivity index (χ2v) is 0.224. The van der Waals surface area contributed by atoms with Crippen LogP contribution in [0.3, 0.4) is 0 Å². The largest absolute Gasteiger partial charge is 0.356 e. The Hall–Kier alpha value is 0.542. The third kappa shape index (κ3) is 459. The first-order chi connectivity index (χ1) is 1.73. The van der Waals surface area contributed by atoms with E-state index in [4.69, 9.17) is 15.3 Å². The molecule has 7 heteroatoms. The van der Waals surface area contributed by atoms with Crippen LogP contribution in [0, 0.1) is 15.3 Å². The maximum absolute atomic E-state index is 8.25. The molecule has 0 aliphatic heterocycles. The summed E-state index contributed by atoms with van der Waals surface area (Å²) in [5.74, 6) is 0. The summed E-state index contributed by atoms with van der Waals surface area (Å²) < 4.78 is 0. The molecule has 0 radical (unpaired) electrons. The molecule has 0 saturated heterocycles. The van der Waals surface area contributed by atoms with Crippen molar-refractivity contribution in [2.75, 3.05) is 0 Å². The fourth-order valence-corrected chi connectivity index (χ4v) is 0.